The van der Waals surface area contributed by atoms with E-state index in [1.54, 1.807) is 12.3 Å². The molecule has 0 aliphatic carbocycles. The molecule has 0 unspecified atom stereocenters. The summed E-state index contributed by atoms with van der Waals surface area (Å²) in [6.07, 6.45) is 3.20. The zero-order valence-corrected chi connectivity index (χ0v) is 10.9. The molecule has 92 valence electrons. The molecule has 0 aliphatic rings. The summed E-state index contributed by atoms with van der Waals surface area (Å²) >= 11 is 5.92. The molecule has 0 saturated carbocycles. The van der Waals surface area contributed by atoms with Gasteiger partial charge >= 0.3 is 5.97 Å². The Labute approximate surface area is 110 Å². The Morgan fingerprint density at radius 1 is 1.28 bits per heavy atom. The average molecular weight is 262 g/mol. The van der Waals surface area contributed by atoms with E-state index in [4.69, 9.17) is 11.6 Å². The zero-order chi connectivity index (χ0) is 13.1. The highest BCUT2D eigenvalue weighted by Crippen LogP contribution is 2.26. The minimum absolute atomic E-state index is 0.393. The van der Waals surface area contributed by atoms with Crippen LogP contribution in [0.5, 0.6) is 0 Å². The van der Waals surface area contributed by atoms with Gasteiger partial charge in [-0.15, -0.1) is 0 Å². The van der Waals surface area contributed by atoms with Crippen molar-refractivity contribution in [2.75, 3.05) is 7.11 Å². The number of rotatable bonds is 2. The second kappa shape index (κ2) is 5.19. The van der Waals surface area contributed by atoms with Crippen LogP contribution in [0.3, 0.4) is 0 Å². The first kappa shape index (κ1) is 12.6. The summed E-state index contributed by atoms with van der Waals surface area (Å²) in [5, 5.41) is 0.688. The third-order valence-corrected chi connectivity index (χ3v) is 2.89. The average Bonchev–Trinajstić information content (AvgIpc) is 2.38. The van der Waals surface area contributed by atoms with E-state index in [-0.39, 0.29) is 0 Å². The molecule has 0 aliphatic heterocycles. The molecule has 0 spiro atoms. The van der Waals surface area contributed by atoms with Crippen molar-refractivity contribution < 1.29 is 9.53 Å². The van der Waals surface area contributed by atoms with E-state index >= 15 is 0 Å². The van der Waals surface area contributed by atoms with Crippen molar-refractivity contribution in [3.63, 3.8) is 0 Å². The third-order valence-electron chi connectivity index (χ3n) is 2.66. The number of methoxy groups -OCH3 is 1. The van der Waals surface area contributed by atoms with Crippen LogP contribution in [0.4, 0.5) is 0 Å². The largest absolute Gasteiger partial charge is 0.465 e. The highest BCUT2D eigenvalue weighted by molar-refractivity contribution is 6.30. The van der Waals surface area contributed by atoms with Gasteiger partial charge in [-0.3, -0.25) is 4.98 Å². The van der Waals surface area contributed by atoms with E-state index in [1.807, 2.05) is 25.1 Å². The summed E-state index contributed by atoms with van der Waals surface area (Å²) < 4.78 is 4.68. The van der Waals surface area contributed by atoms with Crippen molar-refractivity contribution in [1.82, 2.24) is 4.98 Å². The summed E-state index contributed by atoms with van der Waals surface area (Å²) in [6.45, 7) is 1.96. The van der Waals surface area contributed by atoms with Gasteiger partial charge in [0.1, 0.15) is 0 Å². The Morgan fingerprint density at radius 3 is 2.72 bits per heavy atom. The summed E-state index contributed by atoms with van der Waals surface area (Å²) in [4.78, 5) is 15.5. The van der Waals surface area contributed by atoms with Crippen LogP contribution in [0.1, 0.15) is 15.9 Å². The molecule has 0 radical (unpaired) electrons. The van der Waals surface area contributed by atoms with Gasteiger partial charge in [0.15, 0.2) is 0 Å². The van der Waals surface area contributed by atoms with Crippen LogP contribution < -0.4 is 0 Å². The van der Waals surface area contributed by atoms with Crippen molar-refractivity contribution >= 4 is 17.6 Å². The number of hydrogen-bond acceptors (Lipinski definition) is 3. The molecule has 2 rings (SSSR count). The molecular weight excluding hydrogens is 250 g/mol. The molecule has 0 atom stereocenters. The Hall–Kier alpha value is -1.87. The minimum Gasteiger partial charge on any atom is -0.465 e. The fourth-order valence-electron chi connectivity index (χ4n) is 1.77. The van der Waals surface area contributed by atoms with Crippen LogP contribution in [-0.2, 0) is 4.74 Å². The standard InChI is InChI=1S/C14H12ClNO2/c1-9-5-12(15)3-4-13(9)10-6-11(8-16-7-10)14(17)18-2/h3-8H,1-2H3. The van der Waals surface area contributed by atoms with Crippen LogP contribution >= 0.6 is 11.6 Å². The molecule has 18 heavy (non-hydrogen) atoms. The quantitative estimate of drug-likeness (QED) is 0.777. The Morgan fingerprint density at radius 2 is 2.06 bits per heavy atom. The predicted octanol–water partition coefficient (Wildman–Crippen LogP) is 3.50. The summed E-state index contributed by atoms with van der Waals surface area (Å²) in [7, 11) is 1.35. The van der Waals surface area contributed by atoms with Gasteiger partial charge < -0.3 is 4.74 Å². The highest BCUT2D eigenvalue weighted by atomic mass is 35.5. The number of nitrogens with zero attached hydrogens (tertiary/aromatic N) is 1. The topological polar surface area (TPSA) is 39.2 Å². The lowest BCUT2D eigenvalue weighted by Gasteiger charge is -2.07. The van der Waals surface area contributed by atoms with Gasteiger partial charge in [0.25, 0.3) is 0 Å². The Kier molecular flexibility index (Phi) is 3.63. The molecule has 0 amide bonds. The normalized spacial score (nSPS) is 10.2. The van der Waals surface area contributed by atoms with E-state index in [0.717, 1.165) is 16.7 Å². The number of esters is 1. The molecule has 1 aromatic carbocycles. The van der Waals surface area contributed by atoms with Gasteiger partial charge in [0.2, 0.25) is 0 Å². The second-order valence-electron chi connectivity index (χ2n) is 3.91. The van der Waals surface area contributed by atoms with Crippen molar-refractivity contribution in [3.8, 4) is 11.1 Å². The predicted molar refractivity (Wildman–Crippen MR) is 70.8 cm³/mol. The first-order valence-corrected chi connectivity index (χ1v) is 5.79. The maximum atomic E-state index is 11.5. The van der Waals surface area contributed by atoms with Gasteiger partial charge in [-0.05, 0) is 36.2 Å². The van der Waals surface area contributed by atoms with E-state index in [1.165, 1.54) is 13.3 Å². The summed E-state index contributed by atoms with van der Waals surface area (Å²) in [6, 6.07) is 7.36. The number of halogens is 1. The third kappa shape index (κ3) is 2.51. The maximum Gasteiger partial charge on any atom is 0.339 e. The number of carbonyl (C=O) groups is 1. The fraction of sp³-hybridized carbons (Fsp3) is 0.143. The van der Waals surface area contributed by atoms with E-state index in [9.17, 15) is 4.79 Å². The smallest absolute Gasteiger partial charge is 0.339 e. The Bertz CT molecular complexity index is 596. The monoisotopic (exact) mass is 261 g/mol. The molecule has 1 aromatic heterocycles. The number of carbonyl (C=O) groups excluding carboxylic acids is 1. The number of ether oxygens (including phenoxy) is 1. The van der Waals surface area contributed by atoms with Crippen molar-refractivity contribution in [2.24, 2.45) is 0 Å². The number of benzene rings is 1. The maximum absolute atomic E-state index is 11.5. The number of pyridine rings is 1. The summed E-state index contributed by atoms with van der Waals surface area (Å²) in [5.74, 6) is -0.393. The van der Waals surface area contributed by atoms with Crippen molar-refractivity contribution in [3.05, 3.63) is 52.8 Å². The molecule has 0 bridgehead atoms. The van der Waals surface area contributed by atoms with E-state index in [2.05, 4.69) is 9.72 Å². The molecule has 3 nitrogen and oxygen atoms in total. The van der Waals surface area contributed by atoms with Crippen LogP contribution in [0.25, 0.3) is 11.1 Å². The van der Waals surface area contributed by atoms with Gasteiger partial charge in [0, 0.05) is 23.0 Å². The number of aryl methyl sites for hydroxylation is 1. The lowest BCUT2D eigenvalue weighted by atomic mass is 10.0. The minimum atomic E-state index is -0.393. The van der Waals surface area contributed by atoms with Crippen LogP contribution in [0, 0.1) is 6.92 Å². The van der Waals surface area contributed by atoms with Crippen LogP contribution in [0.15, 0.2) is 36.7 Å². The first-order chi connectivity index (χ1) is 8.61. The lowest BCUT2D eigenvalue weighted by molar-refractivity contribution is 0.0600. The SMILES string of the molecule is COC(=O)c1cncc(-c2ccc(Cl)cc2C)c1. The molecule has 1 heterocycles. The van der Waals surface area contributed by atoms with E-state index < -0.39 is 5.97 Å². The van der Waals surface area contributed by atoms with Crippen molar-refractivity contribution in [2.45, 2.75) is 6.92 Å². The van der Waals surface area contributed by atoms with Gasteiger partial charge in [-0.25, -0.2) is 4.79 Å². The Balaban J connectivity index is 2.48. The molecule has 0 fully saturated rings. The van der Waals surface area contributed by atoms with Crippen LogP contribution in [-0.4, -0.2) is 18.1 Å². The molecule has 4 heteroatoms. The highest BCUT2D eigenvalue weighted by Gasteiger charge is 2.09. The fourth-order valence-corrected chi connectivity index (χ4v) is 1.99. The number of hydrogen-bond donors (Lipinski definition) is 0. The van der Waals surface area contributed by atoms with Gasteiger partial charge in [-0.1, -0.05) is 17.7 Å². The number of aromatic nitrogens is 1. The zero-order valence-electron chi connectivity index (χ0n) is 10.1. The van der Waals surface area contributed by atoms with Gasteiger partial charge in [-0.2, -0.15) is 0 Å². The molecule has 0 N–H and O–H groups in total. The molecule has 0 saturated heterocycles. The lowest BCUT2D eigenvalue weighted by Crippen LogP contribution is -2.02. The first-order valence-electron chi connectivity index (χ1n) is 5.41. The second-order valence-corrected chi connectivity index (χ2v) is 4.35. The van der Waals surface area contributed by atoms with Crippen LogP contribution in [0.2, 0.25) is 5.02 Å². The summed E-state index contributed by atoms with van der Waals surface area (Å²) in [5.41, 5.74) is 3.33. The van der Waals surface area contributed by atoms with Crippen molar-refractivity contribution in [1.29, 1.82) is 0 Å². The van der Waals surface area contributed by atoms with Gasteiger partial charge in [0.05, 0.1) is 12.7 Å². The van der Waals surface area contributed by atoms with E-state index in [0.29, 0.717) is 10.6 Å². The molecule has 2 aromatic rings. The molecular formula is C14H12ClNO2.